The summed E-state index contributed by atoms with van der Waals surface area (Å²) in [7, 11) is 0. The topological polar surface area (TPSA) is 87.5 Å². The fourth-order valence-corrected chi connectivity index (χ4v) is 4.60. The number of ether oxygens (including phenoxy) is 1. The van der Waals surface area contributed by atoms with Crippen molar-refractivity contribution in [3.05, 3.63) is 64.1 Å². The van der Waals surface area contributed by atoms with E-state index in [9.17, 15) is 19.6 Å². The van der Waals surface area contributed by atoms with Gasteiger partial charge in [-0.15, -0.1) is 0 Å². The Kier molecular flexibility index (Phi) is 6.78. The Balaban J connectivity index is 2.18. The molecule has 2 atom stereocenters. The molecule has 0 bridgehead atoms. The van der Waals surface area contributed by atoms with E-state index in [1.807, 2.05) is 26.8 Å². The molecule has 2 aromatic carbocycles. The second-order valence-electron chi connectivity index (χ2n) is 10.5. The average molecular weight is 525 g/mol. The van der Waals surface area contributed by atoms with Crippen molar-refractivity contribution >= 4 is 39.4 Å². The first-order valence-electron chi connectivity index (χ1n) is 11.1. The smallest absolute Gasteiger partial charge is 0.332 e. The molecule has 0 aliphatic carbocycles. The Hall–Kier alpha value is -2.98. The van der Waals surface area contributed by atoms with Crippen LogP contribution in [-0.2, 0) is 30.0 Å². The average Bonchev–Trinajstić information content (AvgIpc) is 3.02. The molecule has 1 heterocycles. The second-order valence-corrected chi connectivity index (χ2v) is 11.4. The maximum Gasteiger partial charge on any atom is 0.332 e. The van der Waals surface area contributed by atoms with Crippen LogP contribution in [0.4, 0.5) is 5.69 Å². The molecule has 0 aromatic heterocycles. The van der Waals surface area contributed by atoms with Gasteiger partial charge in [0.25, 0.3) is 0 Å². The molecule has 6 nitrogen and oxygen atoms in total. The molecule has 7 heteroatoms. The van der Waals surface area contributed by atoms with E-state index in [0.29, 0.717) is 11.3 Å². The largest absolute Gasteiger partial charge is 0.459 e. The first-order chi connectivity index (χ1) is 15.7. The molecule has 34 heavy (non-hydrogen) atoms. The number of rotatable bonds is 4. The quantitative estimate of drug-likeness (QED) is 0.393. The van der Waals surface area contributed by atoms with Gasteiger partial charge in [-0.25, -0.2) is 9.69 Å². The van der Waals surface area contributed by atoms with Gasteiger partial charge in [0, 0.05) is 10.9 Å². The molecule has 0 spiro atoms. The molecule has 1 saturated heterocycles. The number of nitriles is 1. The number of esters is 1. The monoisotopic (exact) mass is 524 g/mol. The fraction of sp³-hybridized carbons (Fsp3) is 0.407. The van der Waals surface area contributed by atoms with Crippen LogP contribution in [0.1, 0.15) is 59.1 Å². The zero-order valence-electron chi connectivity index (χ0n) is 20.3. The van der Waals surface area contributed by atoms with Crippen molar-refractivity contribution in [1.29, 1.82) is 5.26 Å². The Labute approximate surface area is 209 Å². The van der Waals surface area contributed by atoms with Gasteiger partial charge in [0.1, 0.15) is 5.60 Å². The summed E-state index contributed by atoms with van der Waals surface area (Å²) in [5.74, 6) is -3.11. The van der Waals surface area contributed by atoms with Gasteiger partial charge in [0.2, 0.25) is 11.8 Å². The van der Waals surface area contributed by atoms with E-state index in [2.05, 4.69) is 22.0 Å². The van der Waals surface area contributed by atoms with Crippen LogP contribution in [0, 0.1) is 17.2 Å². The van der Waals surface area contributed by atoms with Gasteiger partial charge in [0.05, 0.1) is 17.7 Å². The van der Waals surface area contributed by atoms with Crippen LogP contribution in [0.5, 0.6) is 0 Å². The third kappa shape index (κ3) is 4.65. The lowest BCUT2D eigenvalue weighted by atomic mass is 9.70. The predicted molar refractivity (Wildman–Crippen MR) is 133 cm³/mol. The van der Waals surface area contributed by atoms with Gasteiger partial charge in [-0.2, -0.15) is 5.26 Å². The summed E-state index contributed by atoms with van der Waals surface area (Å²) in [5, 5.41) is 10.4. The minimum Gasteiger partial charge on any atom is -0.459 e. The van der Waals surface area contributed by atoms with Crippen molar-refractivity contribution in [2.24, 2.45) is 5.92 Å². The van der Waals surface area contributed by atoms with Crippen LogP contribution in [0.25, 0.3) is 0 Å². The number of halogens is 1. The van der Waals surface area contributed by atoms with E-state index >= 15 is 0 Å². The molecule has 0 saturated carbocycles. The maximum atomic E-state index is 13.9. The summed E-state index contributed by atoms with van der Waals surface area (Å²) < 4.78 is 6.45. The number of carbonyl (C=O) groups is 3. The highest BCUT2D eigenvalue weighted by atomic mass is 79.9. The molecule has 0 radical (unpaired) electrons. The van der Waals surface area contributed by atoms with Gasteiger partial charge in [0.15, 0.2) is 5.41 Å². The summed E-state index contributed by atoms with van der Waals surface area (Å²) in [6.45, 7) is 11.1. The van der Waals surface area contributed by atoms with Crippen LogP contribution in [-0.4, -0.2) is 23.4 Å². The summed E-state index contributed by atoms with van der Waals surface area (Å²) in [6, 6.07) is 15.8. The number of hydrogen-bond donors (Lipinski definition) is 0. The predicted octanol–water partition coefficient (Wildman–Crippen LogP) is 5.43. The number of anilines is 1. The van der Waals surface area contributed by atoms with Crippen LogP contribution in [0.3, 0.4) is 0 Å². The van der Waals surface area contributed by atoms with Gasteiger partial charge in [-0.1, -0.05) is 67.0 Å². The first kappa shape index (κ1) is 25.6. The molecule has 3 rings (SSSR count). The summed E-state index contributed by atoms with van der Waals surface area (Å²) >= 11 is 3.47. The molecule has 2 aromatic rings. The van der Waals surface area contributed by atoms with Crippen molar-refractivity contribution in [2.75, 3.05) is 4.90 Å². The standard InChI is InChI=1S/C27H29BrN2O4/c1-25(2,3)19-14-18(28)12-13-21(19)30-22(31)15-20(23(30)32)27(16-29,17-10-8-7-9-11-17)24(33)34-26(4,5)6/h7-14,20H,15H2,1-6H3/t20-,27+/m1/s1. The number of benzene rings is 2. The highest BCUT2D eigenvalue weighted by molar-refractivity contribution is 9.10. The second kappa shape index (κ2) is 8.99. The third-order valence-electron chi connectivity index (χ3n) is 5.80. The number of imide groups is 1. The SMILES string of the molecule is CC(C)(C)OC(=O)[C@@](C#N)(c1ccccc1)[C@@H]1CC(=O)N(c2ccc(Br)cc2C(C)(C)C)C1=O. The molecule has 2 amide bonds. The minimum atomic E-state index is -1.96. The minimum absolute atomic E-state index is 0.278. The Morgan fingerprint density at radius 3 is 2.21 bits per heavy atom. The normalized spacial score (nSPS) is 18.4. The zero-order valence-corrected chi connectivity index (χ0v) is 21.9. The Bertz CT molecular complexity index is 1170. The highest BCUT2D eigenvalue weighted by Crippen LogP contribution is 2.44. The van der Waals surface area contributed by atoms with E-state index in [-0.39, 0.29) is 11.8 Å². The van der Waals surface area contributed by atoms with Crippen molar-refractivity contribution < 1.29 is 19.1 Å². The number of carbonyl (C=O) groups excluding carboxylic acids is 3. The summed E-state index contributed by atoms with van der Waals surface area (Å²) in [4.78, 5) is 41.8. The number of hydrogen-bond acceptors (Lipinski definition) is 5. The molecule has 0 unspecified atom stereocenters. The van der Waals surface area contributed by atoms with E-state index in [1.165, 1.54) is 0 Å². The Morgan fingerprint density at radius 1 is 1.06 bits per heavy atom. The summed E-state index contributed by atoms with van der Waals surface area (Å²) in [5.41, 5.74) is -1.64. The van der Waals surface area contributed by atoms with E-state index in [1.54, 1.807) is 63.2 Å². The van der Waals surface area contributed by atoms with Gasteiger partial charge >= 0.3 is 5.97 Å². The molecule has 1 fully saturated rings. The third-order valence-corrected chi connectivity index (χ3v) is 6.30. The number of amides is 2. The van der Waals surface area contributed by atoms with E-state index in [4.69, 9.17) is 4.74 Å². The van der Waals surface area contributed by atoms with Crippen LogP contribution in [0.15, 0.2) is 53.0 Å². The lowest BCUT2D eigenvalue weighted by molar-refractivity contribution is -0.163. The van der Waals surface area contributed by atoms with Crippen LogP contribution in [0.2, 0.25) is 0 Å². The van der Waals surface area contributed by atoms with Crippen LogP contribution >= 0.6 is 15.9 Å². The molecule has 1 aliphatic rings. The molecule has 1 aliphatic heterocycles. The Morgan fingerprint density at radius 2 is 1.68 bits per heavy atom. The number of nitrogens with zero attached hydrogens (tertiary/aromatic N) is 2. The molecular weight excluding hydrogens is 496 g/mol. The van der Waals surface area contributed by atoms with E-state index in [0.717, 1.165) is 14.9 Å². The highest BCUT2D eigenvalue weighted by Gasteiger charge is 2.59. The van der Waals surface area contributed by atoms with E-state index < -0.39 is 34.7 Å². The molecule has 178 valence electrons. The van der Waals surface area contributed by atoms with Crippen molar-refractivity contribution in [2.45, 2.75) is 64.4 Å². The van der Waals surface area contributed by atoms with Crippen molar-refractivity contribution in [3.8, 4) is 6.07 Å². The fourth-order valence-electron chi connectivity index (χ4n) is 4.24. The van der Waals surface area contributed by atoms with Crippen LogP contribution < -0.4 is 4.90 Å². The zero-order chi connectivity index (χ0) is 25.5. The molecular formula is C27H29BrN2O4. The van der Waals surface area contributed by atoms with Gasteiger partial charge in [-0.3, -0.25) is 9.59 Å². The lowest BCUT2D eigenvalue weighted by Gasteiger charge is -2.33. The van der Waals surface area contributed by atoms with Gasteiger partial charge in [-0.05, 0) is 55.5 Å². The first-order valence-corrected chi connectivity index (χ1v) is 11.9. The molecule has 0 N–H and O–H groups in total. The lowest BCUT2D eigenvalue weighted by Crippen LogP contribution is -2.48. The van der Waals surface area contributed by atoms with Gasteiger partial charge < -0.3 is 4.74 Å². The summed E-state index contributed by atoms with van der Waals surface area (Å²) in [6.07, 6.45) is -0.278. The van der Waals surface area contributed by atoms with Crippen molar-refractivity contribution in [1.82, 2.24) is 0 Å². The maximum absolute atomic E-state index is 13.9. The van der Waals surface area contributed by atoms with Crippen molar-refractivity contribution in [3.63, 3.8) is 0 Å².